The molecule has 5 heteroatoms. The zero-order valence-corrected chi connectivity index (χ0v) is 7.38. The first kappa shape index (κ1) is 7.30. The van der Waals surface area contributed by atoms with E-state index in [2.05, 4.69) is 9.97 Å². The summed E-state index contributed by atoms with van der Waals surface area (Å²) < 4.78 is 1.88. The average Bonchev–Trinajstić information content (AvgIpc) is 2.58. The lowest BCUT2D eigenvalue weighted by Gasteiger charge is -1.85. The maximum atomic E-state index is 5.50. The third-order valence-corrected chi connectivity index (χ3v) is 2.16. The summed E-state index contributed by atoms with van der Waals surface area (Å²) in [6.45, 7) is 0. The monoisotopic (exact) mass is 180 g/mol. The van der Waals surface area contributed by atoms with Crippen LogP contribution in [-0.2, 0) is 7.05 Å². The molecular formula is C7H8N4S. The van der Waals surface area contributed by atoms with E-state index in [4.69, 9.17) is 5.73 Å². The molecule has 0 aliphatic rings. The molecule has 0 atom stereocenters. The van der Waals surface area contributed by atoms with Gasteiger partial charge in [0.15, 0.2) is 5.13 Å². The van der Waals surface area contributed by atoms with Crippen LogP contribution in [0.2, 0.25) is 0 Å². The molecule has 0 amide bonds. The Morgan fingerprint density at radius 2 is 2.33 bits per heavy atom. The van der Waals surface area contributed by atoms with Crippen LogP contribution in [-0.4, -0.2) is 14.5 Å². The molecule has 2 aromatic rings. The quantitative estimate of drug-likeness (QED) is 0.715. The van der Waals surface area contributed by atoms with Gasteiger partial charge in [-0.05, 0) is 0 Å². The molecule has 2 heterocycles. The average molecular weight is 180 g/mol. The summed E-state index contributed by atoms with van der Waals surface area (Å²) in [6, 6.07) is 0. The Bertz CT molecular complexity index is 351. The zero-order chi connectivity index (χ0) is 8.55. The molecule has 2 aromatic heterocycles. The minimum atomic E-state index is 0.579. The molecule has 0 saturated carbocycles. The first-order chi connectivity index (χ1) is 5.75. The molecule has 2 rings (SSSR count). The molecule has 0 unspecified atom stereocenters. The second kappa shape index (κ2) is 2.60. The van der Waals surface area contributed by atoms with Crippen LogP contribution in [0.5, 0.6) is 0 Å². The summed E-state index contributed by atoms with van der Waals surface area (Å²) >= 11 is 1.43. The largest absolute Gasteiger partial charge is 0.375 e. The minimum absolute atomic E-state index is 0.579. The van der Waals surface area contributed by atoms with Gasteiger partial charge in [0, 0.05) is 18.6 Å². The number of nitrogens with two attached hydrogens (primary N) is 1. The van der Waals surface area contributed by atoms with Crippen LogP contribution >= 0.6 is 11.3 Å². The van der Waals surface area contributed by atoms with Crippen LogP contribution in [0.4, 0.5) is 5.13 Å². The fraction of sp³-hybridized carbons (Fsp3) is 0.143. The Morgan fingerprint density at radius 3 is 2.83 bits per heavy atom. The summed E-state index contributed by atoms with van der Waals surface area (Å²) in [5, 5.41) is 2.48. The summed E-state index contributed by atoms with van der Waals surface area (Å²) in [4.78, 5) is 8.27. The SMILES string of the molecule is Cn1cnc(-c2csc(N)n2)c1. The number of rotatable bonds is 1. The van der Waals surface area contributed by atoms with Gasteiger partial charge in [-0.25, -0.2) is 9.97 Å². The number of thiazole rings is 1. The van der Waals surface area contributed by atoms with Crippen LogP contribution in [0.25, 0.3) is 11.4 Å². The molecule has 0 radical (unpaired) electrons. The van der Waals surface area contributed by atoms with Crippen molar-refractivity contribution in [3.05, 3.63) is 17.9 Å². The van der Waals surface area contributed by atoms with E-state index in [1.807, 2.05) is 23.2 Å². The Kier molecular flexibility index (Phi) is 1.58. The summed E-state index contributed by atoms with van der Waals surface area (Å²) in [5.74, 6) is 0. The first-order valence-corrected chi connectivity index (χ1v) is 4.33. The van der Waals surface area contributed by atoms with Gasteiger partial charge in [-0.15, -0.1) is 11.3 Å². The van der Waals surface area contributed by atoms with Gasteiger partial charge in [0.05, 0.1) is 6.33 Å². The van der Waals surface area contributed by atoms with Crippen molar-refractivity contribution in [1.29, 1.82) is 0 Å². The van der Waals surface area contributed by atoms with Crippen molar-refractivity contribution in [2.75, 3.05) is 5.73 Å². The third-order valence-electron chi connectivity index (χ3n) is 1.49. The van der Waals surface area contributed by atoms with Gasteiger partial charge in [-0.2, -0.15) is 0 Å². The van der Waals surface area contributed by atoms with E-state index >= 15 is 0 Å². The maximum absolute atomic E-state index is 5.50. The van der Waals surface area contributed by atoms with Crippen LogP contribution in [0.15, 0.2) is 17.9 Å². The van der Waals surface area contributed by atoms with Gasteiger partial charge in [0.2, 0.25) is 0 Å². The lowest BCUT2D eigenvalue weighted by Crippen LogP contribution is -1.82. The van der Waals surface area contributed by atoms with E-state index in [1.165, 1.54) is 11.3 Å². The second-order valence-corrected chi connectivity index (χ2v) is 3.39. The first-order valence-electron chi connectivity index (χ1n) is 3.45. The summed E-state index contributed by atoms with van der Waals surface area (Å²) in [7, 11) is 1.92. The molecule has 12 heavy (non-hydrogen) atoms. The number of anilines is 1. The molecule has 0 fully saturated rings. The number of aryl methyl sites for hydroxylation is 1. The van der Waals surface area contributed by atoms with Gasteiger partial charge in [0.1, 0.15) is 11.4 Å². The smallest absolute Gasteiger partial charge is 0.180 e. The normalized spacial score (nSPS) is 10.4. The number of aromatic nitrogens is 3. The number of hydrogen-bond acceptors (Lipinski definition) is 4. The molecule has 0 saturated heterocycles. The number of hydrogen-bond donors (Lipinski definition) is 1. The molecule has 62 valence electrons. The van der Waals surface area contributed by atoms with Crippen LogP contribution < -0.4 is 5.73 Å². The predicted octanol–water partition coefficient (Wildman–Crippen LogP) is 1.13. The van der Waals surface area contributed by atoms with Gasteiger partial charge < -0.3 is 10.3 Å². The highest BCUT2D eigenvalue weighted by Crippen LogP contribution is 2.20. The lowest BCUT2D eigenvalue weighted by atomic mass is 10.4. The predicted molar refractivity (Wildman–Crippen MR) is 48.7 cm³/mol. The zero-order valence-electron chi connectivity index (χ0n) is 6.56. The van der Waals surface area contributed by atoms with Crippen molar-refractivity contribution in [3.8, 4) is 11.4 Å². The summed E-state index contributed by atoms with van der Waals surface area (Å²) in [5.41, 5.74) is 7.21. The van der Waals surface area contributed by atoms with Gasteiger partial charge in [0.25, 0.3) is 0 Å². The highest BCUT2D eigenvalue weighted by molar-refractivity contribution is 7.13. The fourth-order valence-electron chi connectivity index (χ4n) is 0.950. The van der Waals surface area contributed by atoms with Gasteiger partial charge in [-0.3, -0.25) is 0 Å². The Hall–Kier alpha value is -1.36. The standard InChI is InChI=1S/C7H8N4S/c1-11-2-5(9-4-11)6-3-12-7(8)10-6/h2-4H,1H3,(H2,8,10). The Labute approximate surface area is 73.7 Å². The van der Waals surface area contributed by atoms with Crippen LogP contribution in [0.3, 0.4) is 0 Å². The van der Waals surface area contributed by atoms with Crippen molar-refractivity contribution in [2.45, 2.75) is 0 Å². The maximum Gasteiger partial charge on any atom is 0.180 e. The highest BCUT2D eigenvalue weighted by Gasteiger charge is 2.03. The topological polar surface area (TPSA) is 56.7 Å². The lowest BCUT2D eigenvalue weighted by molar-refractivity contribution is 0.913. The molecule has 2 N–H and O–H groups in total. The molecule has 0 aliphatic carbocycles. The Morgan fingerprint density at radius 1 is 1.50 bits per heavy atom. The van der Waals surface area contributed by atoms with Crippen molar-refractivity contribution in [2.24, 2.45) is 7.05 Å². The van der Waals surface area contributed by atoms with Crippen molar-refractivity contribution >= 4 is 16.5 Å². The van der Waals surface area contributed by atoms with Gasteiger partial charge >= 0.3 is 0 Å². The highest BCUT2D eigenvalue weighted by atomic mass is 32.1. The van der Waals surface area contributed by atoms with E-state index < -0.39 is 0 Å². The molecule has 0 bridgehead atoms. The van der Waals surface area contributed by atoms with E-state index in [9.17, 15) is 0 Å². The van der Waals surface area contributed by atoms with Crippen LogP contribution in [0.1, 0.15) is 0 Å². The van der Waals surface area contributed by atoms with Gasteiger partial charge in [-0.1, -0.05) is 0 Å². The molecule has 4 nitrogen and oxygen atoms in total. The van der Waals surface area contributed by atoms with E-state index in [0.29, 0.717) is 5.13 Å². The molecule has 0 aromatic carbocycles. The van der Waals surface area contributed by atoms with Crippen LogP contribution in [0, 0.1) is 0 Å². The summed E-state index contributed by atoms with van der Waals surface area (Å²) in [6.07, 6.45) is 3.65. The fourth-order valence-corrected chi connectivity index (χ4v) is 1.51. The number of nitrogens with zero attached hydrogens (tertiary/aromatic N) is 3. The molecule has 0 spiro atoms. The number of nitrogen functional groups attached to an aromatic ring is 1. The molecular weight excluding hydrogens is 172 g/mol. The van der Waals surface area contributed by atoms with Crippen molar-refractivity contribution in [1.82, 2.24) is 14.5 Å². The molecule has 0 aliphatic heterocycles. The van der Waals surface area contributed by atoms with E-state index in [0.717, 1.165) is 11.4 Å². The Balaban J connectivity index is 2.43. The minimum Gasteiger partial charge on any atom is -0.375 e. The second-order valence-electron chi connectivity index (χ2n) is 2.50. The van der Waals surface area contributed by atoms with Crippen molar-refractivity contribution < 1.29 is 0 Å². The third kappa shape index (κ3) is 1.18. The van der Waals surface area contributed by atoms with E-state index in [-0.39, 0.29) is 0 Å². The number of imidazole rings is 1. The van der Waals surface area contributed by atoms with Crippen molar-refractivity contribution in [3.63, 3.8) is 0 Å². The van der Waals surface area contributed by atoms with E-state index in [1.54, 1.807) is 6.33 Å².